The molecule has 0 aliphatic rings. The maximum Gasteiger partial charge on any atom is 0.335 e. The largest absolute Gasteiger partial charge is 0.490 e. The Morgan fingerprint density at radius 3 is 1.75 bits per heavy atom. The molecule has 10 heteroatoms. The van der Waals surface area contributed by atoms with E-state index in [0.717, 1.165) is 34.9 Å². The van der Waals surface area contributed by atoms with Crippen molar-refractivity contribution < 1.29 is 47.6 Å². The van der Waals surface area contributed by atoms with E-state index in [4.69, 9.17) is 28.4 Å². The maximum absolute atomic E-state index is 12.6. The van der Waals surface area contributed by atoms with Crippen molar-refractivity contribution in [1.29, 1.82) is 0 Å². The third kappa shape index (κ3) is 12.7. The van der Waals surface area contributed by atoms with Crippen LogP contribution in [0, 0.1) is 23.7 Å². The number of carbonyl (C=O) groups excluding carboxylic acids is 4. The summed E-state index contributed by atoms with van der Waals surface area (Å²) < 4.78 is 31.7. The molecule has 4 aromatic carbocycles. The molecule has 56 heavy (non-hydrogen) atoms. The van der Waals surface area contributed by atoms with Gasteiger partial charge in [-0.05, 0) is 90.9 Å². The van der Waals surface area contributed by atoms with E-state index in [1.54, 1.807) is 48.5 Å². The molecule has 0 heterocycles. The van der Waals surface area contributed by atoms with E-state index in [2.05, 4.69) is 50.0 Å². The van der Waals surface area contributed by atoms with E-state index in [0.29, 0.717) is 33.8 Å². The van der Waals surface area contributed by atoms with E-state index < -0.39 is 23.9 Å². The number of carbonyl (C=O) groups is 4. The Morgan fingerprint density at radius 2 is 1.18 bits per heavy atom. The summed E-state index contributed by atoms with van der Waals surface area (Å²) in [4.78, 5) is 47.2. The van der Waals surface area contributed by atoms with Crippen molar-refractivity contribution >= 4 is 30.0 Å². The fraction of sp³-hybridized carbons (Fsp3) is 0.0870. The second-order valence-corrected chi connectivity index (χ2v) is 11.3. The second kappa shape index (κ2) is 21.0. The summed E-state index contributed by atoms with van der Waals surface area (Å²) in [5.41, 5.74) is 4.51. The Hall–Kier alpha value is -7.82. The summed E-state index contributed by atoms with van der Waals surface area (Å²) in [6, 6.07) is 24.9. The van der Waals surface area contributed by atoms with Crippen LogP contribution < -0.4 is 14.2 Å². The molecule has 10 nitrogen and oxygen atoms in total. The normalized spacial score (nSPS) is 9.95. The highest BCUT2D eigenvalue weighted by Gasteiger charge is 2.17. The standard InChI is InChI=1S/C46H36O10/c1-6-42(47)52-28-27-41-40(36-18-11-33(12-19-36)9-10-34-14-22-38(23-15-34)51-29-30-53-43(48)7-2)26-21-37(45(41)56-44(49)8-3)20-13-35-16-24-39(25-17-35)54-31-55-46(50)32(4)5/h6-8,11-12,14-19,21-28H,1-4,29-31H2,5H3. The van der Waals surface area contributed by atoms with Crippen molar-refractivity contribution in [3.63, 3.8) is 0 Å². The van der Waals surface area contributed by atoms with Gasteiger partial charge >= 0.3 is 23.9 Å². The predicted octanol–water partition coefficient (Wildman–Crippen LogP) is 7.51. The highest BCUT2D eigenvalue weighted by atomic mass is 16.7. The topological polar surface area (TPSA) is 124 Å². The zero-order valence-electron chi connectivity index (χ0n) is 30.5. The number of hydrogen-bond acceptors (Lipinski definition) is 10. The zero-order valence-corrected chi connectivity index (χ0v) is 30.5. The molecule has 0 unspecified atom stereocenters. The number of ether oxygens (including phenoxy) is 6. The Balaban J connectivity index is 1.60. The van der Waals surface area contributed by atoms with Crippen LogP contribution >= 0.6 is 0 Å². The molecule has 0 saturated heterocycles. The Labute approximate surface area is 325 Å². The van der Waals surface area contributed by atoms with Gasteiger partial charge in [0.15, 0.2) is 5.75 Å². The lowest BCUT2D eigenvalue weighted by molar-refractivity contribution is -0.145. The van der Waals surface area contributed by atoms with Gasteiger partial charge in [0.1, 0.15) is 24.7 Å². The molecule has 0 radical (unpaired) electrons. The van der Waals surface area contributed by atoms with Crippen molar-refractivity contribution in [3.05, 3.63) is 169 Å². The lowest BCUT2D eigenvalue weighted by Gasteiger charge is -2.14. The van der Waals surface area contributed by atoms with Gasteiger partial charge in [-0.3, -0.25) is 0 Å². The molecule has 280 valence electrons. The van der Waals surface area contributed by atoms with Crippen LogP contribution in [0.15, 0.2) is 141 Å². The fourth-order valence-electron chi connectivity index (χ4n) is 4.51. The van der Waals surface area contributed by atoms with Crippen molar-refractivity contribution in [1.82, 2.24) is 0 Å². The van der Waals surface area contributed by atoms with Crippen LogP contribution in [-0.4, -0.2) is 43.9 Å². The van der Waals surface area contributed by atoms with Gasteiger partial charge in [0.25, 0.3) is 0 Å². The molecule has 0 fully saturated rings. The molecule has 4 aromatic rings. The Kier molecular flexibility index (Phi) is 15.4. The van der Waals surface area contributed by atoms with Crippen LogP contribution in [0.4, 0.5) is 0 Å². The van der Waals surface area contributed by atoms with Gasteiger partial charge < -0.3 is 28.4 Å². The van der Waals surface area contributed by atoms with Crippen molar-refractivity contribution in [3.8, 4) is 52.1 Å². The second-order valence-electron chi connectivity index (χ2n) is 11.3. The van der Waals surface area contributed by atoms with Crippen LogP contribution in [0.5, 0.6) is 17.2 Å². The van der Waals surface area contributed by atoms with E-state index in [1.807, 2.05) is 36.4 Å². The summed E-state index contributed by atoms with van der Waals surface area (Å²) in [6.45, 7) is 15.4. The third-order valence-electron chi connectivity index (χ3n) is 7.28. The third-order valence-corrected chi connectivity index (χ3v) is 7.28. The molecular weight excluding hydrogens is 712 g/mol. The molecule has 0 spiro atoms. The van der Waals surface area contributed by atoms with Crippen LogP contribution in [0.3, 0.4) is 0 Å². The minimum atomic E-state index is -0.726. The van der Waals surface area contributed by atoms with Gasteiger partial charge in [0, 0.05) is 46.1 Å². The molecule has 0 saturated carbocycles. The summed E-state index contributed by atoms with van der Waals surface area (Å²) in [7, 11) is 0. The Morgan fingerprint density at radius 1 is 0.625 bits per heavy atom. The molecule has 4 rings (SSSR count). The van der Waals surface area contributed by atoms with E-state index in [9.17, 15) is 19.2 Å². The van der Waals surface area contributed by atoms with Crippen LogP contribution in [0.1, 0.15) is 34.7 Å². The molecule has 0 N–H and O–H groups in total. The first kappa shape index (κ1) is 40.9. The predicted molar refractivity (Wildman–Crippen MR) is 211 cm³/mol. The highest BCUT2D eigenvalue weighted by Crippen LogP contribution is 2.35. The van der Waals surface area contributed by atoms with Gasteiger partial charge in [-0.15, -0.1) is 0 Å². The lowest BCUT2D eigenvalue weighted by atomic mass is 9.95. The molecule has 0 aromatic heterocycles. The highest BCUT2D eigenvalue weighted by molar-refractivity contribution is 5.89. The number of hydrogen-bond donors (Lipinski definition) is 0. The number of benzene rings is 4. The SMILES string of the molecule is C=CC(=O)OC=Cc1c(-c2ccc(C#Cc3ccc(OCCOC(=O)C=C)cc3)cc2)ccc(C#Cc2ccc(OCOC(=O)C(=C)C)cc2)c1OC(=O)C=C. The molecule has 0 amide bonds. The summed E-state index contributed by atoms with van der Waals surface area (Å²) in [5, 5.41) is 0. The van der Waals surface area contributed by atoms with Crippen molar-refractivity contribution in [2.24, 2.45) is 0 Å². The van der Waals surface area contributed by atoms with E-state index in [1.165, 1.54) is 19.3 Å². The molecule has 0 bridgehead atoms. The molecular formula is C46H36O10. The quantitative estimate of drug-likeness (QED) is 0.0176. The summed E-state index contributed by atoms with van der Waals surface area (Å²) in [5.74, 6) is 11.1. The van der Waals surface area contributed by atoms with Crippen LogP contribution in [-0.2, 0) is 33.4 Å². The minimum Gasteiger partial charge on any atom is -0.490 e. The first-order valence-electron chi connectivity index (χ1n) is 16.8. The van der Waals surface area contributed by atoms with Gasteiger partial charge in [-0.1, -0.05) is 68.2 Å². The zero-order chi connectivity index (χ0) is 40.3. The first-order valence-corrected chi connectivity index (χ1v) is 16.8. The molecule has 0 aliphatic carbocycles. The average Bonchev–Trinajstić information content (AvgIpc) is 3.22. The van der Waals surface area contributed by atoms with Crippen molar-refractivity contribution in [2.45, 2.75) is 6.92 Å². The Bertz CT molecular complexity index is 2270. The first-order chi connectivity index (χ1) is 27.1. The summed E-state index contributed by atoms with van der Waals surface area (Å²) in [6.07, 6.45) is 5.81. The smallest absolute Gasteiger partial charge is 0.335 e. The van der Waals surface area contributed by atoms with Crippen LogP contribution in [0.25, 0.3) is 17.2 Å². The van der Waals surface area contributed by atoms with Crippen molar-refractivity contribution in [2.75, 3.05) is 20.0 Å². The van der Waals surface area contributed by atoms with Gasteiger partial charge in [0.2, 0.25) is 6.79 Å². The van der Waals surface area contributed by atoms with Gasteiger partial charge in [0.05, 0.1) is 11.8 Å². The maximum atomic E-state index is 12.6. The van der Waals surface area contributed by atoms with Crippen LogP contribution in [0.2, 0.25) is 0 Å². The molecule has 0 aliphatic heterocycles. The number of rotatable bonds is 15. The summed E-state index contributed by atoms with van der Waals surface area (Å²) >= 11 is 0. The average molecular weight is 749 g/mol. The van der Waals surface area contributed by atoms with E-state index >= 15 is 0 Å². The fourth-order valence-corrected chi connectivity index (χ4v) is 4.51. The van der Waals surface area contributed by atoms with Gasteiger partial charge in [-0.2, -0.15) is 0 Å². The van der Waals surface area contributed by atoms with Gasteiger partial charge in [-0.25, -0.2) is 19.2 Å². The minimum absolute atomic E-state index is 0.106. The monoisotopic (exact) mass is 748 g/mol. The van der Waals surface area contributed by atoms with E-state index in [-0.39, 0.29) is 31.3 Å². The lowest BCUT2D eigenvalue weighted by Crippen LogP contribution is -2.10. The molecule has 0 atom stereocenters. The number of esters is 4.